The number of carbonyl (C=O) groups excluding carboxylic acids is 2. The van der Waals surface area contributed by atoms with Crippen molar-refractivity contribution in [3.8, 4) is 12.3 Å². The van der Waals surface area contributed by atoms with Crippen LogP contribution in [0.5, 0.6) is 0 Å². The molecule has 0 saturated heterocycles. The minimum Gasteiger partial charge on any atom is -0.444 e. The molecule has 6 heteroatoms. The summed E-state index contributed by atoms with van der Waals surface area (Å²) in [6, 6.07) is 0. The average Bonchev–Trinajstić information content (AvgIpc) is 2.62. The lowest BCUT2D eigenvalue weighted by atomic mass is 10.2. The van der Waals surface area contributed by atoms with E-state index in [9.17, 15) is 9.59 Å². The lowest BCUT2D eigenvalue weighted by Crippen LogP contribution is -2.27. The molecule has 0 atom stereocenters. The molecule has 1 heterocycles. The molecule has 0 spiro atoms. The molecular formula is C12H14N2O3S. The van der Waals surface area contributed by atoms with Crippen LogP contribution in [0.4, 0.5) is 9.93 Å². The van der Waals surface area contributed by atoms with E-state index in [2.05, 4.69) is 10.3 Å². The molecule has 1 rings (SSSR count). The van der Waals surface area contributed by atoms with E-state index < -0.39 is 11.7 Å². The molecular weight excluding hydrogens is 252 g/mol. The number of Topliss-reactive ketones (excluding diaryl/α,β-unsaturated/α-hetero) is 1. The Labute approximate surface area is 110 Å². The van der Waals surface area contributed by atoms with Crippen LogP contribution < -0.4 is 5.32 Å². The maximum Gasteiger partial charge on any atom is 0.413 e. The van der Waals surface area contributed by atoms with Gasteiger partial charge in [-0.15, -0.1) is 17.8 Å². The molecule has 1 amide bonds. The van der Waals surface area contributed by atoms with Gasteiger partial charge in [-0.3, -0.25) is 10.1 Å². The van der Waals surface area contributed by atoms with Crippen molar-refractivity contribution in [3.63, 3.8) is 0 Å². The highest BCUT2D eigenvalue weighted by Gasteiger charge is 2.17. The molecule has 0 saturated carbocycles. The van der Waals surface area contributed by atoms with Crippen LogP contribution >= 0.6 is 11.3 Å². The van der Waals surface area contributed by atoms with Gasteiger partial charge in [-0.2, -0.15) is 0 Å². The molecule has 0 aliphatic carbocycles. The van der Waals surface area contributed by atoms with Crippen molar-refractivity contribution in [1.82, 2.24) is 4.98 Å². The largest absolute Gasteiger partial charge is 0.444 e. The zero-order valence-electron chi connectivity index (χ0n) is 10.4. The van der Waals surface area contributed by atoms with Crippen LogP contribution in [-0.4, -0.2) is 22.5 Å². The molecule has 96 valence electrons. The topological polar surface area (TPSA) is 68.3 Å². The maximum absolute atomic E-state index is 11.4. The van der Waals surface area contributed by atoms with Crippen molar-refractivity contribution in [2.45, 2.75) is 32.8 Å². The van der Waals surface area contributed by atoms with Gasteiger partial charge >= 0.3 is 6.09 Å². The molecule has 0 aliphatic rings. The van der Waals surface area contributed by atoms with Gasteiger partial charge in [0.1, 0.15) is 5.60 Å². The van der Waals surface area contributed by atoms with Crippen molar-refractivity contribution in [2.75, 3.05) is 5.32 Å². The summed E-state index contributed by atoms with van der Waals surface area (Å²) < 4.78 is 5.07. The highest BCUT2D eigenvalue weighted by molar-refractivity contribution is 7.13. The Morgan fingerprint density at radius 3 is 2.78 bits per heavy atom. The molecule has 1 N–H and O–H groups in total. The molecule has 1 aromatic rings. The van der Waals surface area contributed by atoms with Crippen molar-refractivity contribution >= 4 is 28.3 Å². The van der Waals surface area contributed by atoms with Gasteiger partial charge in [-0.05, 0) is 26.7 Å². The van der Waals surface area contributed by atoms with E-state index in [-0.39, 0.29) is 12.2 Å². The molecule has 5 nitrogen and oxygen atoms in total. The number of ether oxygens (including phenoxy) is 1. The predicted molar refractivity (Wildman–Crippen MR) is 69.5 cm³/mol. The molecule has 0 unspecified atom stereocenters. The standard InChI is InChI=1S/C12H14N2O3S/c1-5-9(15)6-8-7-18-10(13-8)14-11(16)17-12(2,3)4/h1,7H,6H2,2-4H3,(H,13,14,16). The fourth-order valence-corrected chi connectivity index (χ4v) is 1.75. The number of nitrogens with zero attached hydrogens (tertiary/aromatic N) is 1. The number of nitrogens with one attached hydrogen (secondary N) is 1. The molecule has 0 aromatic carbocycles. The van der Waals surface area contributed by atoms with Gasteiger partial charge < -0.3 is 4.74 Å². The van der Waals surface area contributed by atoms with E-state index in [1.54, 1.807) is 26.2 Å². The Morgan fingerprint density at radius 2 is 2.22 bits per heavy atom. The Balaban J connectivity index is 2.57. The lowest BCUT2D eigenvalue weighted by molar-refractivity contribution is -0.113. The fraction of sp³-hybridized carbons (Fsp3) is 0.417. The SMILES string of the molecule is C#CC(=O)Cc1csc(NC(=O)OC(C)(C)C)n1. The fourth-order valence-electron chi connectivity index (χ4n) is 1.05. The second-order valence-electron chi connectivity index (χ2n) is 4.52. The van der Waals surface area contributed by atoms with Crippen LogP contribution in [0.2, 0.25) is 0 Å². The number of carbonyl (C=O) groups is 2. The second kappa shape index (κ2) is 5.65. The zero-order valence-corrected chi connectivity index (χ0v) is 11.3. The summed E-state index contributed by atoms with van der Waals surface area (Å²) in [5, 5.41) is 4.54. The summed E-state index contributed by atoms with van der Waals surface area (Å²) >= 11 is 1.21. The van der Waals surface area contributed by atoms with Crippen LogP contribution in [0.25, 0.3) is 0 Å². The van der Waals surface area contributed by atoms with E-state index in [1.807, 2.05) is 5.92 Å². The summed E-state index contributed by atoms with van der Waals surface area (Å²) in [5.74, 6) is 1.66. The number of thiazole rings is 1. The van der Waals surface area contributed by atoms with E-state index in [0.717, 1.165) is 0 Å². The van der Waals surface area contributed by atoms with E-state index in [4.69, 9.17) is 11.2 Å². The first-order valence-corrected chi connectivity index (χ1v) is 6.12. The lowest BCUT2D eigenvalue weighted by Gasteiger charge is -2.18. The van der Waals surface area contributed by atoms with E-state index in [0.29, 0.717) is 10.8 Å². The molecule has 0 bridgehead atoms. The van der Waals surface area contributed by atoms with Gasteiger partial charge in [-0.1, -0.05) is 0 Å². The number of hydrogen-bond donors (Lipinski definition) is 1. The molecule has 18 heavy (non-hydrogen) atoms. The molecule has 0 aliphatic heterocycles. The quantitative estimate of drug-likeness (QED) is 0.673. The van der Waals surface area contributed by atoms with Crippen LogP contribution in [0.3, 0.4) is 0 Å². The highest BCUT2D eigenvalue weighted by atomic mass is 32.1. The first kappa shape index (κ1) is 14.2. The van der Waals surface area contributed by atoms with E-state index >= 15 is 0 Å². The summed E-state index contributed by atoms with van der Waals surface area (Å²) in [6.07, 6.45) is 4.46. The smallest absolute Gasteiger partial charge is 0.413 e. The molecule has 0 radical (unpaired) electrons. The van der Waals surface area contributed by atoms with Gasteiger partial charge in [0, 0.05) is 5.38 Å². The zero-order chi connectivity index (χ0) is 13.8. The van der Waals surface area contributed by atoms with E-state index in [1.165, 1.54) is 11.3 Å². The van der Waals surface area contributed by atoms with Crippen LogP contribution in [0, 0.1) is 12.3 Å². The third-order valence-corrected chi connectivity index (χ3v) is 2.47. The average molecular weight is 266 g/mol. The highest BCUT2D eigenvalue weighted by Crippen LogP contribution is 2.17. The Kier molecular flexibility index (Phi) is 4.45. The third-order valence-electron chi connectivity index (χ3n) is 1.66. The van der Waals surface area contributed by atoms with Crippen molar-refractivity contribution in [1.29, 1.82) is 0 Å². The third kappa shape index (κ3) is 4.97. The van der Waals surface area contributed by atoms with Gasteiger partial charge in [-0.25, -0.2) is 9.78 Å². The number of terminal acetylenes is 1. The molecule has 0 fully saturated rings. The van der Waals surface area contributed by atoms with Gasteiger partial charge in [0.25, 0.3) is 0 Å². The number of anilines is 1. The second-order valence-corrected chi connectivity index (χ2v) is 5.37. The Morgan fingerprint density at radius 1 is 1.56 bits per heavy atom. The van der Waals surface area contributed by atoms with Crippen LogP contribution in [0.1, 0.15) is 26.5 Å². The van der Waals surface area contributed by atoms with Crippen molar-refractivity contribution in [2.24, 2.45) is 0 Å². The van der Waals surface area contributed by atoms with Crippen LogP contribution in [-0.2, 0) is 16.0 Å². The van der Waals surface area contributed by atoms with Gasteiger partial charge in [0.15, 0.2) is 5.13 Å². The molecule has 1 aromatic heterocycles. The monoisotopic (exact) mass is 266 g/mol. The predicted octanol–water partition coefficient (Wildman–Crippen LogP) is 2.23. The van der Waals surface area contributed by atoms with Crippen LogP contribution in [0.15, 0.2) is 5.38 Å². The minimum atomic E-state index is -0.577. The summed E-state index contributed by atoms with van der Waals surface area (Å²) in [6.45, 7) is 5.31. The number of ketones is 1. The number of amides is 1. The summed E-state index contributed by atoms with van der Waals surface area (Å²) in [4.78, 5) is 26.5. The first-order valence-electron chi connectivity index (χ1n) is 5.24. The summed E-state index contributed by atoms with van der Waals surface area (Å²) in [5.41, 5.74) is -0.0297. The van der Waals surface area contributed by atoms with Gasteiger partial charge in [0.2, 0.25) is 5.78 Å². The Bertz CT molecular complexity index is 494. The number of aromatic nitrogens is 1. The normalized spacial score (nSPS) is 10.6. The minimum absolute atomic E-state index is 0.0724. The Hall–Kier alpha value is -1.87. The van der Waals surface area contributed by atoms with Crippen molar-refractivity contribution in [3.05, 3.63) is 11.1 Å². The number of rotatable bonds is 3. The van der Waals surface area contributed by atoms with Crippen molar-refractivity contribution < 1.29 is 14.3 Å². The first-order chi connectivity index (χ1) is 8.30. The van der Waals surface area contributed by atoms with Gasteiger partial charge in [0.05, 0.1) is 12.1 Å². The summed E-state index contributed by atoms with van der Waals surface area (Å²) in [7, 11) is 0. The number of hydrogen-bond acceptors (Lipinski definition) is 5. The maximum atomic E-state index is 11.4.